The number of tetrazole rings is 1. The van der Waals surface area contributed by atoms with E-state index in [1.807, 2.05) is 0 Å². The van der Waals surface area contributed by atoms with Crippen LogP contribution < -0.4 is 5.32 Å². The highest BCUT2D eigenvalue weighted by molar-refractivity contribution is 7.80. The van der Waals surface area contributed by atoms with Gasteiger partial charge >= 0.3 is 16.4 Å². The van der Waals surface area contributed by atoms with Crippen LogP contribution in [0, 0.1) is 0 Å². The van der Waals surface area contributed by atoms with Crippen LogP contribution in [-0.4, -0.2) is 86.0 Å². The molecule has 0 radical (unpaired) electrons. The van der Waals surface area contributed by atoms with Gasteiger partial charge in [0.15, 0.2) is 12.1 Å². The topological polar surface area (TPSA) is 177 Å². The molecule has 3 amide bonds. The molecular weight excluding hydrogens is 374 g/mol. The number of rotatable bonds is 7. The lowest BCUT2D eigenvalue weighted by atomic mass is 10.0. The Bertz CT molecular complexity index is 811. The van der Waals surface area contributed by atoms with Gasteiger partial charge in [-0.3, -0.25) is 14.1 Å². The summed E-state index contributed by atoms with van der Waals surface area (Å²) in [6, 6.07) is -2.30. The van der Waals surface area contributed by atoms with Crippen molar-refractivity contribution in [3.8, 4) is 0 Å². The number of hydrogen-bond donors (Lipinski definition) is 2. The second kappa shape index (κ2) is 6.93. The lowest BCUT2D eigenvalue weighted by Crippen LogP contribution is -2.50. The van der Waals surface area contributed by atoms with E-state index in [2.05, 4.69) is 25.0 Å². The Morgan fingerprint density at radius 3 is 2.81 bits per heavy atom. The third kappa shape index (κ3) is 3.94. The zero-order chi connectivity index (χ0) is 18.9. The van der Waals surface area contributed by atoms with Gasteiger partial charge in [0.25, 0.3) is 0 Å². The lowest BCUT2D eigenvalue weighted by Gasteiger charge is -2.29. The molecule has 1 aromatic rings. The summed E-state index contributed by atoms with van der Waals surface area (Å²) in [5, 5.41) is 13.6. The Balaban J connectivity index is 1.56. The number of carbonyl (C=O) groups excluding carboxylic acids is 3. The highest BCUT2D eigenvalue weighted by atomic mass is 32.3. The lowest BCUT2D eigenvalue weighted by molar-refractivity contribution is -0.129. The normalized spacial score (nSPS) is 22.6. The van der Waals surface area contributed by atoms with Gasteiger partial charge in [-0.2, -0.15) is 18.3 Å². The standard InChI is InChI=1S/C11H15N7O7S/c19-8(5-17-14-6-13-15-17)3-12-10(20)9-2-1-7-4-16(9)11(21)18(7)25-26(22,23)24/h6-7,9H,1-5H2,(H,12,20)(H,22,23,24)/t7-,9+/m1/s1. The molecule has 142 valence electrons. The number of fused-ring (bicyclic) bond motifs is 2. The predicted octanol–water partition coefficient (Wildman–Crippen LogP) is -2.64. The van der Waals surface area contributed by atoms with Gasteiger partial charge < -0.3 is 10.2 Å². The summed E-state index contributed by atoms with van der Waals surface area (Å²) in [5.41, 5.74) is 0. The molecule has 3 heterocycles. The Labute approximate surface area is 147 Å². The minimum Gasteiger partial charge on any atom is -0.347 e. The molecule has 2 bridgehead atoms. The second-order valence-electron chi connectivity index (χ2n) is 5.73. The molecule has 2 aliphatic rings. The van der Waals surface area contributed by atoms with Gasteiger partial charge in [0.05, 0.1) is 12.6 Å². The predicted molar refractivity (Wildman–Crippen MR) is 79.2 cm³/mol. The maximum atomic E-state index is 12.3. The van der Waals surface area contributed by atoms with Gasteiger partial charge in [-0.05, 0) is 18.1 Å². The molecule has 0 aromatic carbocycles. The number of hydroxylamine groups is 2. The molecule has 26 heavy (non-hydrogen) atoms. The molecule has 3 rings (SSSR count). The Morgan fingerprint density at radius 1 is 1.38 bits per heavy atom. The number of ketones is 1. The number of nitrogens with zero attached hydrogens (tertiary/aromatic N) is 6. The second-order valence-corrected chi connectivity index (χ2v) is 6.74. The van der Waals surface area contributed by atoms with Crippen molar-refractivity contribution in [3.63, 3.8) is 0 Å². The van der Waals surface area contributed by atoms with Gasteiger partial charge in [-0.1, -0.05) is 0 Å². The monoisotopic (exact) mass is 389 g/mol. The van der Waals surface area contributed by atoms with Crippen LogP contribution in [0.2, 0.25) is 0 Å². The van der Waals surface area contributed by atoms with Crippen molar-refractivity contribution in [2.75, 3.05) is 13.1 Å². The summed E-state index contributed by atoms with van der Waals surface area (Å²) in [4.78, 5) is 38.5. The fourth-order valence-electron chi connectivity index (χ4n) is 2.88. The Hall–Kier alpha value is -2.65. The quantitative estimate of drug-likeness (QED) is 0.468. The van der Waals surface area contributed by atoms with Crippen LogP contribution in [-0.2, 0) is 30.8 Å². The van der Waals surface area contributed by atoms with Crippen molar-refractivity contribution in [1.29, 1.82) is 0 Å². The summed E-state index contributed by atoms with van der Waals surface area (Å²) in [5.74, 6) is -0.917. The Morgan fingerprint density at radius 2 is 2.15 bits per heavy atom. The number of urea groups is 1. The highest BCUT2D eigenvalue weighted by Gasteiger charge is 2.49. The molecule has 0 aliphatic carbocycles. The number of aromatic nitrogens is 4. The SMILES string of the molecule is O=C(CNC(=O)[C@@H]1CC[C@@H]2CN1C(=O)N2OS(=O)(=O)O)Cn1ncnn1. The van der Waals surface area contributed by atoms with Crippen LogP contribution in [0.25, 0.3) is 0 Å². The summed E-state index contributed by atoms with van der Waals surface area (Å²) in [6.07, 6.45) is 1.72. The molecule has 2 saturated heterocycles. The third-order valence-corrected chi connectivity index (χ3v) is 4.32. The number of nitrogens with one attached hydrogen (secondary N) is 1. The summed E-state index contributed by atoms with van der Waals surface area (Å²) >= 11 is 0. The van der Waals surface area contributed by atoms with E-state index in [0.717, 1.165) is 9.70 Å². The molecule has 2 atom stereocenters. The molecule has 0 saturated carbocycles. The number of piperidine rings is 1. The molecule has 0 unspecified atom stereocenters. The van der Waals surface area contributed by atoms with Gasteiger partial charge in [0, 0.05) is 6.54 Å². The van der Waals surface area contributed by atoms with Gasteiger partial charge in [-0.15, -0.1) is 14.5 Å². The minimum absolute atomic E-state index is 0.0727. The van der Waals surface area contributed by atoms with E-state index >= 15 is 0 Å². The van der Waals surface area contributed by atoms with Crippen molar-refractivity contribution in [2.24, 2.45) is 0 Å². The van der Waals surface area contributed by atoms with Crippen molar-refractivity contribution in [1.82, 2.24) is 35.5 Å². The van der Waals surface area contributed by atoms with E-state index in [9.17, 15) is 22.8 Å². The molecular formula is C11H15N7O7S. The van der Waals surface area contributed by atoms with Crippen molar-refractivity contribution < 1.29 is 31.6 Å². The maximum absolute atomic E-state index is 12.3. The summed E-state index contributed by atoms with van der Waals surface area (Å²) < 4.78 is 34.7. The van der Waals surface area contributed by atoms with Gasteiger partial charge in [0.1, 0.15) is 12.6 Å². The third-order valence-electron chi connectivity index (χ3n) is 3.97. The largest absolute Gasteiger partial charge is 0.418 e. The minimum atomic E-state index is -4.85. The van der Waals surface area contributed by atoms with E-state index in [1.165, 1.54) is 6.33 Å². The molecule has 1 aromatic heterocycles. The maximum Gasteiger partial charge on any atom is 0.418 e. The van der Waals surface area contributed by atoms with Crippen molar-refractivity contribution >= 4 is 28.1 Å². The van der Waals surface area contributed by atoms with Crippen LogP contribution in [0.15, 0.2) is 6.33 Å². The zero-order valence-corrected chi connectivity index (χ0v) is 14.1. The first kappa shape index (κ1) is 18.2. The molecule has 2 fully saturated rings. The van der Waals surface area contributed by atoms with Gasteiger partial charge in [-0.25, -0.2) is 4.79 Å². The number of hydrogen-bond acceptors (Lipinski definition) is 9. The average Bonchev–Trinajstić information content (AvgIpc) is 3.15. The summed E-state index contributed by atoms with van der Waals surface area (Å²) in [7, 11) is -4.85. The fourth-order valence-corrected chi connectivity index (χ4v) is 3.27. The van der Waals surface area contributed by atoms with Crippen LogP contribution in [0.3, 0.4) is 0 Å². The first-order valence-corrected chi connectivity index (χ1v) is 8.88. The molecule has 2 aliphatic heterocycles. The van der Waals surface area contributed by atoms with E-state index < -0.39 is 34.4 Å². The van der Waals surface area contributed by atoms with Crippen molar-refractivity contribution in [2.45, 2.75) is 31.5 Å². The average molecular weight is 389 g/mol. The van der Waals surface area contributed by atoms with Gasteiger partial charge in [0.2, 0.25) is 5.91 Å². The molecule has 0 spiro atoms. The van der Waals surface area contributed by atoms with E-state index in [4.69, 9.17) is 4.55 Å². The first-order chi connectivity index (χ1) is 12.2. The zero-order valence-electron chi connectivity index (χ0n) is 13.3. The fraction of sp³-hybridized carbons (Fsp3) is 0.636. The van der Waals surface area contributed by atoms with E-state index in [1.54, 1.807) is 0 Å². The smallest absolute Gasteiger partial charge is 0.347 e. The van der Waals surface area contributed by atoms with Crippen LogP contribution >= 0.6 is 0 Å². The number of Topliss-reactive ketones (excluding diaryl/α,β-unsaturated/α-hetero) is 1. The highest BCUT2D eigenvalue weighted by Crippen LogP contribution is 2.30. The van der Waals surface area contributed by atoms with E-state index in [0.29, 0.717) is 11.5 Å². The van der Waals surface area contributed by atoms with Crippen LogP contribution in [0.5, 0.6) is 0 Å². The number of carbonyl (C=O) groups is 3. The van der Waals surface area contributed by atoms with Crippen molar-refractivity contribution in [3.05, 3.63) is 6.33 Å². The number of amides is 3. The Kier molecular flexibility index (Phi) is 4.84. The van der Waals surface area contributed by atoms with E-state index in [-0.39, 0.29) is 31.8 Å². The van der Waals surface area contributed by atoms with Crippen LogP contribution in [0.1, 0.15) is 12.8 Å². The summed E-state index contributed by atoms with van der Waals surface area (Å²) in [6.45, 7) is -0.373. The first-order valence-electron chi connectivity index (χ1n) is 7.51. The molecule has 14 nitrogen and oxygen atoms in total. The molecule has 15 heteroatoms. The van der Waals surface area contributed by atoms with Crippen LogP contribution in [0.4, 0.5) is 4.79 Å². The molecule has 2 N–H and O–H groups in total.